The number of carboxylic acids is 2. The second-order valence-electron chi connectivity index (χ2n) is 7.98. The van der Waals surface area contributed by atoms with Crippen LogP contribution in [0.3, 0.4) is 0 Å². The van der Waals surface area contributed by atoms with Gasteiger partial charge >= 0.3 is 11.9 Å². The number of carbonyl (C=O) groups excluding carboxylic acids is 2. The average Bonchev–Trinajstić information content (AvgIpc) is 2.60. The molecular weight excluding hydrogens is 366 g/mol. The minimum atomic E-state index is -1.56. The van der Waals surface area contributed by atoms with Gasteiger partial charge < -0.3 is 26.2 Å². The summed E-state index contributed by atoms with van der Waals surface area (Å²) in [5, 5.41) is 20.2. The quantitative estimate of drug-likeness (QED) is 0.424. The molecule has 1 fully saturated rings. The van der Waals surface area contributed by atoms with E-state index in [1.165, 1.54) is 18.4 Å². The summed E-state index contributed by atoms with van der Waals surface area (Å²) in [7, 11) is 1.47. The Balaban J connectivity index is 2.80. The van der Waals surface area contributed by atoms with Gasteiger partial charge in [0.2, 0.25) is 11.8 Å². The summed E-state index contributed by atoms with van der Waals surface area (Å²) in [5.74, 6) is -3.77. The van der Waals surface area contributed by atoms with Gasteiger partial charge in [0, 0.05) is 7.05 Å². The Labute approximate surface area is 165 Å². The largest absolute Gasteiger partial charge is 0.481 e. The standard InChI is InChI=1S/C19H33N3O6/c1-11(2)16(17(25)21-14(19(27)28)10-15(23)24)22(3)18(26)13(20)9-12-7-5-4-6-8-12/h11-14,16H,4-10,20H2,1-3H3,(H,21,25)(H,23,24)(H,27,28)/t13-,14-,16-/m0/s1. The van der Waals surface area contributed by atoms with Gasteiger partial charge in [-0.15, -0.1) is 0 Å². The number of nitrogens with zero attached hydrogens (tertiary/aromatic N) is 1. The molecule has 0 aliphatic heterocycles. The second-order valence-corrected chi connectivity index (χ2v) is 7.98. The highest BCUT2D eigenvalue weighted by Gasteiger charge is 2.35. The van der Waals surface area contributed by atoms with Crippen molar-refractivity contribution in [1.82, 2.24) is 10.2 Å². The van der Waals surface area contributed by atoms with Crippen LogP contribution in [0, 0.1) is 11.8 Å². The van der Waals surface area contributed by atoms with E-state index in [4.69, 9.17) is 15.9 Å². The van der Waals surface area contributed by atoms with Crippen molar-refractivity contribution >= 4 is 23.8 Å². The van der Waals surface area contributed by atoms with E-state index in [9.17, 15) is 19.2 Å². The summed E-state index contributed by atoms with van der Waals surface area (Å²) in [6.45, 7) is 3.46. The number of hydrogen-bond acceptors (Lipinski definition) is 5. The Morgan fingerprint density at radius 3 is 2.14 bits per heavy atom. The summed E-state index contributed by atoms with van der Waals surface area (Å²) in [6.07, 6.45) is 5.40. The molecule has 0 aromatic rings. The van der Waals surface area contributed by atoms with Crippen molar-refractivity contribution in [2.24, 2.45) is 17.6 Å². The minimum absolute atomic E-state index is 0.310. The van der Waals surface area contributed by atoms with Gasteiger partial charge in [-0.3, -0.25) is 14.4 Å². The number of likely N-dealkylation sites (N-methyl/N-ethyl adjacent to an activating group) is 1. The predicted molar refractivity (Wildman–Crippen MR) is 102 cm³/mol. The van der Waals surface area contributed by atoms with E-state index >= 15 is 0 Å². The van der Waals surface area contributed by atoms with E-state index in [1.54, 1.807) is 13.8 Å². The predicted octanol–water partition coefficient (Wildman–Crippen LogP) is 0.811. The summed E-state index contributed by atoms with van der Waals surface area (Å²) >= 11 is 0. The molecule has 1 aliphatic carbocycles. The van der Waals surface area contributed by atoms with Crippen LogP contribution in [0.1, 0.15) is 58.8 Å². The molecule has 2 amide bonds. The average molecular weight is 399 g/mol. The maximum absolute atomic E-state index is 12.8. The fourth-order valence-corrected chi connectivity index (χ4v) is 3.84. The summed E-state index contributed by atoms with van der Waals surface area (Å²) < 4.78 is 0. The van der Waals surface area contributed by atoms with E-state index in [0.29, 0.717) is 12.3 Å². The van der Waals surface area contributed by atoms with Crippen LogP contribution >= 0.6 is 0 Å². The lowest BCUT2D eigenvalue weighted by Gasteiger charge is -2.33. The van der Waals surface area contributed by atoms with Crippen molar-refractivity contribution < 1.29 is 29.4 Å². The lowest BCUT2D eigenvalue weighted by molar-refractivity contribution is -0.149. The highest BCUT2D eigenvalue weighted by molar-refractivity contribution is 5.92. The Morgan fingerprint density at radius 2 is 1.68 bits per heavy atom. The number of nitrogens with one attached hydrogen (secondary N) is 1. The van der Waals surface area contributed by atoms with Crippen molar-refractivity contribution in [2.75, 3.05) is 7.05 Å². The van der Waals surface area contributed by atoms with Gasteiger partial charge in [-0.2, -0.15) is 0 Å². The van der Waals surface area contributed by atoms with Crippen LogP contribution in [0.15, 0.2) is 0 Å². The molecule has 9 nitrogen and oxygen atoms in total. The van der Waals surface area contributed by atoms with Crippen molar-refractivity contribution in [1.29, 1.82) is 0 Å². The summed E-state index contributed by atoms with van der Waals surface area (Å²) in [4.78, 5) is 48.7. The van der Waals surface area contributed by atoms with E-state index in [2.05, 4.69) is 5.32 Å². The Kier molecular flexibility index (Phi) is 9.37. The monoisotopic (exact) mass is 399 g/mol. The van der Waals surface area contributed by atoms with Crippen LogP contribution in [-0.2, 0) is 19.2 Å². The smallest absolute Gasteiger partial charge is 0.326 e. The van der Waals surface area contributed by atoms with E-state index in [1.807, 2.05) is 0 Å². The molecule has 28 heavy (non-hydrogen) atoms. The third-order valence-corrected chi connectivity index (χ3v) is 5.29. The molecule has 0 saturated heterocycles. The van der Waals surface area contributed by atoms with Gasteiger partial charge in [0.1, 0.15) is 12.1 Å². The zero-order chi connectivity index (χ0) is 21.4. The molecule has 0 bridgehead atoms. The van der Waals surface area contributed by atoms with Gasteiger partial charge in [0.15, 0.2) is 0 Å². The van der Waals surface area contributed by atoms with Crippen molar-refractivity contribution in [3.8, 4) is 0 Å². The van der Waals surface area contributed by atoms with E-state index in [0.717, 1.165) is 25.7 Å². The molecule has 0 spiro atoms. The summed E-state index contributed by atoms with van der Waals surface area (Å²) in [6, 6.07) is -3.23. The Bertz CT molecular complexity index is 574. The number of rotatable bonds is 10. The lowest BCUT2D eigenvalue weighted by atomic mass is 9.84. The maximum atomic E-state index is 12.8. The number of hydrogen-bond donors (Lipinski definition) is 4. The first-order valence-electron chi connectivity index (χ1n) is 9.81. The Hall–Kier alpha value is -2.16. The molecule has 1 aliphatic rings. The molecule has 9 heteroatoms. The number of carboxylic acid groups (broad SMARTS) is 2. The SMILES string of the molecule is CC(C)[C@@H](C(=O)N[C@@H](CC(=O)O)C(=O)O)N(C)C(=O)[C@@H](N)CC1CCCCC1. The van der Waals surface area contributed by atoms with Crippen LogP contribution in [-0.4, -0.2) is 64.0 Å². The highest BCUT2D eigenvalue weighted by atomic mass is 16.4. The zero-order valence-electron chi connectivity index (χ0n) is 16.9. The van der Waals surface area contributed by atoms with Gasteiger partial charge in [0.05, 0.1) is 12.5 Å². The summed E-state index contributed by atoms with van der Waals surface area (Å²) in [5.41, 5.74) is 6.11. The third-order valence-electron chi connectivity index (χ3n) is 5.29. The van der Waals surface area contributed by atoms with Crippen molar-refractivity contribution in [3.05, 3.63) is 0 Å². The molecule has 0 unspecified atom stereocenters. The van der Waals surface area contributed by atoms with Crippen LogP contribution in [0.2, 0.25) is 0 Å². The molecule has 0 heterocycles. The van der Waals surface area contributed by atoms with Crippen LogP contribution < -0.4 is 11.1 Å². The topological polar surface area (TPSA) is 150 Å². The molecule has 0 aromatic heterocycles. The Morgan fingerprint density at radius 1 is 1.11 bits per heavy atom. The van der Waals surface area contributed by atoms with Crippen molar-refractivity contribution in [3.63, 3.8) is 0 Å². The van der Waals surface area contributed by atoms with Gasteiger partial charge in [0.25, 0.3) is 0 Å². The minimum Gasteiger partial charge on any atom is -0.481 e. The molecular formula is C19H33N3O6. The first kappa shape index (κ1) is 23.9. The molecule has 160 valence electrons. The number of aliphatic carboxylic acids is 2. The number of carbonyl (C=O) groups is 4. The van der Waals surface area contributed by atoms with Crippen molar-refractivity contribution in [2.45, 2.75) is 76.9 Å². The molecule has 0 radical (unpaired) electrons. The second kappa shape index (κ2) is 11.0. The normalized spacial score (nSPS) is 18.2. The first-order valence-corrected chi connectivity index (χ1v) is 9.81. The molecule has 1 rings (SSSR count). The molecule has 5 N–H and O–H groups in total. The zero-order valence-corrected chi connectivity index (χ0v) is 16.9. The van der Waals surface area contributed by atoms with Crippen LogP contribution in [0.25, 0.3) is 0 Å². The highest BCUT2D eigenvalue weighted by Crippen LogP contribution is 2.27. The van der Waals surface area contributed by atoms with Gasteiger partial charge in [-0.05, 0) is 18.3 Å². The number of amides is 2. The fraction of sp³-hybridized carbons (Fsp3) is 0.789. The first-order chi connectivity index (χ1) is 13.0. The third kappa shape index (κ3) is 7.10. The van der Waals surface area contributed by atoms with Crippen LogP contribution in [0.5, 0.6) is 0 Å². The fourth-order valence-electron chi connectivity index (χ4n) is 3.84. The van der Waals surface area contributed by atoms with E-state index < -0.39 is 42.4 Å². The lowest BCUT2D eigenvalue weighted by Crippen LogP contribution is -2.57. The van der Waals surface area contributed by atoms with Gasteiger partial charge in [-0.25, -0.2) is 4.79 Å². The number of nitrogens with two attached hydrogens (primary N) is 1. The van der Waals surface area contributed by atoms with Gasteiger partial charge in [-0.1, -0.05) is 46.0 Å². The molecule has 3 atom stereocenters. The maximum Gasteiger partial charge on any atom is 0.326 e. The molecule has 0 aromatic carbocycles. The van der Waals surface area contributed by atoms with Crippen LogP contribution in [0.4, 0.5) is 0 Å². The molecule has 1 saturated carbocycles. The van der Waals surface area contributed by atoms with E-state index in [-0.39, 0.29) is 11.8 Å².